The predicted molar refractivity (Wildman–Crippen MR) is 97.9 cm³/mol. The minimum atomic E-state index is -0.334. The summed E-state index contributed by atoms with van der Waals surface area (Å²) in [5.74, 6) is 0.150. The van der Waals surface area contributed by atoms with Gasteiger partial charge in [-0.3, -0.25) is 4.79 Å². The van der Waals surface area contributed by atoms with E-state index in [1.807, 2.05) is 25.1 Å². The van der Waals surface area contributed by atoms with Gasteiger partial charge in [0.2, 0.25) is 0 Å². The van der Waals surface area contributed by atoms with Crippen LogP contribution in [0.1, 0.15) is 21.5 Å². The van der Waals surface area contributed by atoms with Crippen LogP contribution in [0.25, 0.3) is 6.08 Å². The van der Waals surface area contributed by atoms with E-state index in [2.05, 4.69) is 15.9 Å². The first-order chi connectivity index (χ1) is 11.4. The summed E-state index contributed by atoms with van der Waals surface area (Å²) in [6, 6.07) is 8.67. The third-order valence-electron chi connectivity index (χ3n) is 3.29. The molecule has 126 valence electrons. The van der Waals surface area contributed by atoms with Gasteiger partial charge >= 0.3 is 0 Å². The van der Waals surface area contributed by atoms with Gasteiger partial charge in [0, 0.05) is 11.6 Å². The highest BCUT2D eigenvalue weighted by molar-refractivity contribution is 9.10. The van der Waals surface area contributed by atoms with Gasteiger partial charge in [0.25, 0.3) is 0 Å². The molecule has 0 aliphatic heterocycles. The fourth-order valence-electron chi connectivity index (χ4n) is 2.06. The molecule has 0 aromatic heterocycles. The van der Waals surface area contributed by atoms with E-state index in [-0.39, 0.29) is 28.9 Å². The molecule has 2 rings (SSSR count). The predicted octanol–water partition coefficient (Wildman–Crippen LogP) is 5.00. The first-order valence-electron chi connectivity index (χ1n) is 7.05. The average molecular weight is 412 g/mol. The number of rotatable bonds is 6. The topological polar surface area (TPSA) is 55.8 Å². The summed E-state index contributed by atoms with van der Waals surface area (Å²) in [4.78, 5) is 12.2. The molecule has 2 aromatic rings. The summed E-state index contributed by atoms with van der Waals surface area (Å²) in [5, 5.41) is 10.1. The van der Waals surface area contributed by atoms with Gasteiger partial charge in [-0.2, -0.15) is 0 Å². The number of ketones is 1. The minimum Gasteiger partial charge on any atom is -0.506 e. The second-order valence-electron chi connectivity index (χ2n) is 5.03. The number of hydrogen-bond donors (Lipinski definition) is 1. The number of hydrogen-bond acceptors (Lipinski definition) is 4. The van der Waals surface area contributed by atoms with Crippen molar-refractivity contribution in [3.63, 3.8) is 0 Å². The molecule has 0 spiro atoms. The highest BCUT2D eigenvalue weighted by Crippen LogP contribution is 2.34. The van der Waals surface area contributed by atoms with Crippen LogP contribution < -0.4 is 4.74 Å². The molecule has 0 heterocycles. The Hall–Kier alpha value is -1.82. The first kappa shape index (κ1) is 18.5. The SMILES string of the molecule is COCOc1ccc(/C=C/C(=O)c2ccc(Br)c(Cl)c2O)cc1C. The average Bonchev–Trinajstić information content (AvgIpc) is 2.57. The van der Waals surface area contributed by atoms with Crippen molar-refractivity contribution < 1.29 is 19.4 Å². The van der Waals surface area contributed by atoms with E-state index in [1.54, 1.807) is 19.3 Å². The molecule has 0 fully saturated rings. The van der Waals surface area contributed by atoms with Gasteiger partial charge < -0.3 is 14.6 Å². The highest BCUT2D eigenvalue weighted by Gasteiger charge is 2.13. The third-order valence-corrected chi connectivity index (χ3v) is 4.56. The number of aryl methyl sites for hydroxylation is 1. The second-order valence-corrected chi connectivity index (χ2v) is 6.26. The lowest BCUT2D eigenvalue weighted by Gasteiger charge is -2.08. The standard InChI is InChI=1S/C18H16BrClO4/c1-11-9-12(4-8-16(11)24-10-23-2)3-7-15(21)13-5-6-14(19)17(20)18(13)22/h3-9,22H,10H2,1-2H3/b7-3+. The Morgan fingerprint density at radius 1 is 1.33 bits per heavy atom. The van der Waals surface area contributed by atoms with Crippen molar-refractivity contribution >= 4 is 39.4 Å². The smallest absolute Gasteiger partial charge is 0.189 e. The lowest BCUT2D eigenvalue weighted by Crippen LogP contribution is -2.00. The molecule has 4 nitrogen and oxygen atoms in total. The van der Waals surface area contributed by atoms with Crippen LogP contribution in [-0.4, -0.2) is 24.8 Å². The molecular formula is C18H16BrClO4. The molecule has 0 aliphatic carbocycles. The molecule has 0 atom stereocenters. The molecule has 0 radical (unpaired) electrons. The summed E-state index contributed by atoms with van der Waals surface area (Å²) in [5.41, 5.74) is 1.92. The summed E-state index contributed by atoms with van der Waals surface area (Å²) in [6.45, 7) is 2.09. The Bertz CT molecular complexity index is 787. The van der Waals surface area contributed by atoms with Gasteiger partial charge in [-0.1, -0.05) is 23.7 Å². The van der Waals surface area contributed by atoms with E-state index in [0.717, 1.165) is 16.9 Å². The number of halogens is 2. The normalized spacial score (nSPS) is 11.0. The zero-order valence-corrected chi connectivity index (χ0v) is 15.5. The molecule has 0 bridgehead atoms. The number of allylic oxidation sites excluding steroid dienone is 1. The van der Waals surface area contributed by atoms with Crippen molar-refractivity contribution in [1.29, 1.82) is 0 Å². The molecule has 0 saturated carbocycles. The maximum atomic E-state index is 12.2. The second kappa shape index (κ2) is 8.33. The number of carbonyl (C=O) groups is 1. The fourth-order valence-corrected chi connectivity index (χ4v) is 2.55. The van der Waals surface area contributed by atoms with Gasteiger partial charge in [-0.25, -0.2) is 0 Å². The van der Waals surface area contributed by atoms with Crippen LogP contribution in [0.3, 0.4) is 0 Å². The maximum absolute atomic E-state index is 12.2. The first-order valence-corrected chi connectivity index (χ1v) is 8.23. The van der Waals surface area contributed by atoms with Crippen molar-refractivity contribution in [1.82, 2.24) is 0 Å². The van der Waals surface area contributed by atoms with Crippen LogP contribution in [0, 0.1) is 6.92 Å². The highest BCUT2D eigenvalue weighted by atomic mass is 79.9. The Morgan fingerprint density at radius 2 is 2.08 bits per heavy atom. The summed E-state index contributed by atoms with van der Waals surface area (Å²) >= 11 is 9.12. The zero-order valence-electron chi connectivity index (χ0n) is 13.2. The summed E-state index contributed by atoms with van der Waals surface area (Å²) < 4.78 is 10.8. The Morgan fingerprint density at radius 3 is 2.75 bits per heavy atom. The van der Waals surface area contributed by atoms with Crippen LogP contribution in [0.4, 0.5) is 0 Å². The Kier molecular flexibility index (Phi) is 6.43. The van der Waals surface area contributed by atoms with Gasteiger partial charge in [-0.05, 0) is 64.3 Å². The van der Waals surface area contributed by atoms with Crippen LogP contribution in [0.2, 0.25) is 5.02 Å². The molecular weight excluding hydrogens is 396 g/mol. The van der Waals surface area contributed by atoms with Gasteiger partial charge in [0.05, 0.1) is 10.6 Å². The van der Waals surface area contributed by atoms with Crippen molar-refractivity contribution in [2.45, 2.75) is 6.92 Å². The third kappa shape index (κ3) is 4.38. The van der Waals surface area contributed by atoms with Crippen molar-refractivity contribution in [3.05, 3.63) is 62.6 Å². The van der Waals surface area contributed by atoms with E-state index < -0.39 is 0 Å². The molecule has 0 unspecified atom stereocenters. The van der Waals surface area contributed by atoms with Crippen LogP contribution in [-0.2, 0) is 4.74 Å². The lowest BCUT2D eigenvalue weighted by atomic mass is 10.1. The summed E-state index contributed by atoms with van der Waals surface area (Å²) in [6.07, 6.45) is 3.06. The Balaban J connectivity index is 2.17. The molecule has 1 N–H and O–H groups in total. The Labute approximate surface area is 153 Å². The minimum absolute atomic E-state index is 0.115. The number of carbonyl (C=O) groups excluding carboxylic acids is 1. The molecule has 0 amide bonds. The largest absolute Gasteiger partial charge is 0.506 e. The number of methoxy groups -OCH3 is 1. The maximum Gasteiger partial charge on any atom is 0.189 e. The van der Waals surface area contributed by atoms with Crippen LogP contribution in [0.5, 0.6) is 11.5 Å². The van der Waals surface area contributed by atoms with Gasteiger partial charge in [0.1, 0.15) is 11.5 Å². The van der Waals surface area contributed by atoms with Gasteiger partial charge in [0.15, 0.2) is 12.6 Å². The molecule has 24 heavy (non-hydrogen) atoms. The van der Waals surface area contributed by atoms with Crippen LogP contribution in [0.15, 0.2) is 40.9 Å². The number of benzene rings is 2. The number of aromatic hydroxyl groups is 1. The van der Waals surface area contributed by atoms with E-state index in [4.69, 9.17) is 21.1 Å². The monoisotopic (exact) mass is 410 g/mol. The molecule has 0 aliphatic rings. The molecule has 0 saturated heterocycles. The zero-order chi connectivity index (χ0) is 17.7. The molecule has 2 aromatic carbocycles. The molecule has 6 heteroatoms. The van der Waals surface area contributed by atoms with E-state index in [9.17, 15) is 9.90 Å². The summed E-state index contributed by atoms with van der Waals surface area (Å²) in [7, 11) is 1.56. The van der Waals surface area contributed by atoms with E-state index in [1.165, 1.54) is 12.1 Å². The van der Waals surface area contributed by atoms with Gasteiger partial charge in [-0.15, -0.1) is 0 Å². The van der Waals surface area contributed by atoms with E-state index in [0.29, 0.717) is 4.47 Å². The van der Waals surface area contributed by atoms with Crippen molar-refractivity contribution in [2.75, 3.05) is 13.9 Å². The quantitative estimate of drug-likeness (QED) is 0.413. The van der Waals surface area contributed by atoms with Crippen molar-refractivity contribution in [3.8, 4) is 11.5 Å². The fraction of sp³-hybridized carbons (Fsp3) is 0.167. The van der Waals surface area contributed by atoms with Crippen molar-refractivity contribution in [2.24, 2.45) is 0 Å². The number of phenols is 1. The van der Waals surface area contributed by atoms with E-state index >= 15 is 0 Å². The lowest BCUT2D eigenvalue weighted by molar-refractivity contribution is 0.0506. The number of phenolic OH excluding ortho intramolecular Hbond substituents is 1. The van der Waals surface area contributed by atoms with Crippen LogP contribution >= 0.6 is 27.5 Å². The number of ether oxygens (including phenoxy) is 2.